The number of hydrogen-bond donors (Lipinski definition) is 2. The molecule has 2 N–H and O–H groups in total. The Bertz CT molecular complexity index is 1320. The first-order valence-electron chi connectivity index (χ1n) is 12.6. The molecule has 1 heterocycles. The fourth-order valence-electron chi connectivity index (χ4n) is 4.34. The van der Waals surface area contributed by atoms with Crippen LogP contribution in [0, 0.1) is 5.92 Å². The first kappa shape index (κ1) is 26.3. The lowest BCUT2D eigenvalue weighted by Gasteiger charge is -2.29. The number of halogens is 1. The number of rotatable bonds is 10. The maximum absolute atomic E-state index is 13.7. The summed E-state index contributed by atoms with van der Waals surface area (Å²) in [5.41, 5.74) is 3.92. The van der Waals surface area contributed by atoms with E-state index in [2.05, 4.69) is 16.4 Å². The van der Waals surface area contributed by atoms with Gasteiger partial charge in [0.2, 0.25) is 5.91 Å². The molecule has 0 spiro atoms. The molecule has 0 bridgehead atoms. The lowest BCUT2D eigenvalue weighted by molar-refractivity contribution is -0.132. The van der Waals surface area contributed by atoms with Gasteiger partial charge in [-0.3, -0.25) is 4.79 Å². The van der Waals surface area contributed by atoms with Gasteiger partial charge in [0, 0.05) is 47.4 Å². The molecule has 1 aromatic heterocycles. The van der Waals surface area contributed by atoms with Crippen molar-refractivity contribution >= 4 is 40.1 Å². The van der Waals surface area contributed by atoms with Gasteiger partial charge < -0.3 is 20.1 Å². The van der Waals surface area contributed by atoms with Crippen molar-refractivity contribution in [2.24, 2.45) is 5.92 Å². The minimum Gasteiger partial charge on any atom is -0.361 e. The van der Waals surface area contributed by atoms with Crippen molar-refractivity contribution < 1.29 is 9.59 Å². The Kier molecular flexibility index (Phi) is 8.86. The third kappa shape index (κ3) is 7.37. The van der Waals surface area contributed by atoms with Crippen LogP contribution in [0.2, 0.25) is 5.02 Å². The summed E-state index contributed by atoms with van der Waals surface area (Å²) in [6, 6.07) is 24.7. The largest absolute Gasteiger partial charge is 0.361 e. The van der Waals surface area contributed by atoms with E-state index in [1.54, 1.807) is 4.90 Å². The molecule has 4 rings (SSSR count). The van der Waals surface area contributed by atoms with Crippen LogP contribution in [-0.4, -0.2) is 46.4 Å². The van der Waals surface area contributed by atoms with E-state index >= 15 is 0 Å². The molecule has 6 nitrogen and oxygen atoms in total. The molecule has 0 aliphatic heterocycles. The van der Waals surface area contributed by atoms with Crippen molar-refractivity contribution in [1.82, 2.24) is 14.8 Å². The standard InChI is InChI=1S/C30H33ClN4O2/c1-22(2)19-35(30(37)33-26-8-4-3-5-9-26)21-29(36)34(20-23-12-14-25(31)15-13-23)17-16-24-18-32-28-11-7-6-10-27(24)28/h3-15,18,22,32H,16-17,19-21H2,1-2H3,(H,33,37). The molecular formula is C30H33ClN4O2. The molecule has 0 saturated carbocycles. The van der Waals surface area contributed by atoms with Crippen molar-refractivity contribution in [3.8, 4) is 0 Å². The molecule has 0 fully saturated rings. The number of H-pyrrole nitrogens is 1. The number of anilines is 1. The van der Waals surface area contributed by atoms with E-state index in [1.165, 1.54) is 0 Å². The number of carbonyl (C=O) groups excluding carboxylic acids is 2. The molecular weight excluding hydrogens is 484 g/mol. The number of hydrogen-bond acceptors (Lipinski definition) is 2. The number of nitrogens with one attached hydrogen (secondary N) is 2. The van der Waals surface area contributed by atoms with E-state index in [1.807, 2.05) is 97.7 Å². The number of aromatic nitrogens is 1. The Morgan fingerprint density at radius 3 is 2.35 bits per heavy atom. The quantitative estimate of drug-likeness (QED) is 0.250. The highest BCUT2D eigenvalue weighted by molar-refractivity contribution is 6.30. The summed E-state index contributed by atoms with van der Waals surface area (Å²) in [7, 11) is 0. The Hall–Kier alpha value is -3.77. The number of para-hydroxylation sites is 2. The summed E-state index contributed by atoms with van der Waals surface area (Å²) >= 11 is 6.08. The van der Waals surface area contributed by atoms with Crippen molar-refractivity contribution in [2.75, 3.05) is 25.0 Å². The first-order valence-corrected chi connectivity index (χ1v) is 12.9. The minimum absolute atomic E-state index is 0.00167. The van der Waals surface area contributed by atoms with Gasteiger partial charge >= 0.3 is 6.03 Å². The number of benzene rings is 3. The summed E-state index contributed by atoms with van der Waals surface area (Å²) in [5, 5.41) is 4.73. The monoisotopic (exact) mass is 516 g/mol. The van der Waals surface area contributed by atoms with E-state index < -0.39 is 0 Å². The summed E-state index contributed by atoms with van der Waals surface area (Å²) < 4.78 is 0. The maximum Gasteiger partial charge on any atom is 0.322 e. The molecule has 0 saturated heterocycles. The molecule has 3 amide bonds. The van der Waals surface area contributed by atoms with Crippen LogP contribution < -0.4 is 5.32 Å². The smallest absolute Gasteiger partial charge is 0.322 e. The van der Waals surface area contributed by atoms with Gasteiger partial charge in [0.15, 0.2) is 0 Å². The van der Waals surface area contributed by atoms with Crippen LogP contribution in [0.1, 0.15) is 25.0 Å². The highest BCUT2D eigenvalue weighted by Crippen LogP contribution is 2.19. The van der Waals surface area contributed by atoms with E-state index in [9.17, 15) is 9.59 Å². The second kappa shape index (κ2) is 12.5. The van der Waals surface area contributed by atoms with Crippen LogP contribution >= 0.6 is 11.6 Å². The third-order valence-electron chi connectivity index (χ3n) is 6.19. The van der Waals surface area contributed by atoms with Crippen LogP contribution in [0.5, 0.6) is 0 Å². The van der Waals surface area contributed by atoms with E-state index in [0.29, 0.717) is 36.8 Å². The fraction of sp³-hybridized carbons (Fsp3) is 0.267. The Labute approximate surface area is 223 Å². The number of fused-ring (bicyclic) bond motifs is 1. The molecule has 0 aliphatic rings. The van der Waals surface area contributed by atoms with E-state index in [4.69, 9.17) is 11.6 Å². The Morgan fingerprint density at radius 1 is 0.919 bits per heavy atom. The molecule has 192 valence electrons. The molecule has 0 radical (unpaired) electrons. The highest BCUT2D eigenvalue weighted by Gasteiger charge is 2.23. The summed E-state index contributed by atoms with van der Waals surface area (Å²) in [6.07, 6.45) is 2.71. The van der Waals surface area contributed by atoms with Gasteiger partial charge in [-0.05, 0) is 53.8 Å². The number of aromatic amines is 1. The lowest BCUT2D eigenvalue weighted by atomic mass is 10.1. The summed E-state index contributed by atoms with van der Waals surface area (Å²) in [5.74, 6) is 0.115. The SMILES string of the molecule is CC(C)CN(CC(=O)N(CCc1c[nH]c2ccccc12)Cc1ccc(Cl)cc1)C(=O)Nc1ccccc1. The normalized spacial score (nSPS) is 11.0. The van der Waals surface area contributed by atoms with Gasteiger partial charge in [0.1, 0.15) is 6.54 Å². The third-order valence-corrected chi connectivity index (χ3v) is 6.44. The van der Waals surface area contributed by atoms with Crippen LogP contribution in [0.15, 0.2) is 85.1 Å². The predicted octanol–water partition coefficient (Wildman–Crippen LogP) is 6.58. The van der Waals surface area contributed by atoms with Gasteiger partial charge in [-0.25, -0.2) is 4.79 Å². The lowest BCUT2D eigenvalue weighted by Crippen LogP contribution is -2.46. The molecule has 37 heavy (non-hydrogen) atoms. The molecule has 4 aromatic rings. The van der Waals surface area contributed by atoms with Gasteiger partial charge in [-0.15, -0.1) is 0 Å². The molecule has 3 aromatic carbocycles. The Morgan fingerprint density at radius 2 is 1.62 bits per heavy atom. The zero-order valence-corrected chi connectivity index (χ0v) is 22.0. The van der Waals surface area contributed by atoms with E-state index in [-0.39, 0.29) is 24.4 Å². The topological polar surface area (TPSA) is 68.4 Å². The molecule has 7 heteroatoms. The second-order valence-electron chi connectivity index (χ2n) is 9.62. The number of nitrogens with zero attached hydrogens (tertiary/aromatic N) is 2. The zero-order valence-electron chi connectivity index (χ0n) is 21.3. The summed E-state index contributed by atoms with van der Waals surface area (Å²) in [4.78, 5) is 33.5. The van der Waals surface area contributed by atoms with Gasteiger partial charge in [-0.2, -0.15) is 0 Å². The average Bonchev–Trinajstić information content (AvgIpc) is 3.30. The molecule has 0 unspecified atom stereocenters. The minimum atomic E-state index is -0.281. The fourth-order valence-corrected chi connectivity index (χ4v) is 4.47. The molecule has 0 aliphatic carbocycles. The predicted molar refractivity (Wildman–Crippen MR) is 151 cm³/mol. The van der Waals surface area contributed by atoms with Crippen molar-refractivity contribution in [3.63, 3.8) is 0 Å². The number of carbonyl (C=O) groups is 2. The second-order valence-corrected chi connectivity index (χ2v) is 10.1. The number of urea groups is 1. The van der Waals surface area contributed by atoms with Crippen molar-refractivity contribution in [1.29, 1.82) is 0 Å². The number of amides is 3. The van der Waals surface area contributed by atoms with Crippen LogP contribution in [0.4, 0.5) is 10.5 Å². The van der Waals surface area contributed by atoms with Gasteiger partial charge in [0.05, 0.1) is 0 Å². The van der Waals surface area contributed by atoms with Gasteiger partial charge in [-0.1, -0.05) is 74.0 Å². The van der Waals surface area contributed by atoms with Gasteiger partial charge in [0.25, 0.3) is 0 Å². The van der Waals surface area contributed by atoms with Crippen molar-refractivity contribution in [3.05, 3.63) is 101 Å². The maximum atomic E-state index is 13.7. The zero-order chi connectivity index (χ0) is 26.2. The van der Waals surface area contributed by atoms with Crippen LogP contribution in [0.25, 0.3) is 10.9 Å². The molecule has 0 atom stereocenters. The summed E-state index contributed by atoms with van der Waals surface area (Å²) in [6.45, 7) is 5.51. The van der Waals surface area contributed by atoms with E-state index in [0.717, 1.165) is 22.0 Å². The average molecular weight is 517 g/mol. The Balaban J connectivity index is 1.51. The van der Waals surface area contributed by atoms with Crippen LogP contribution in [-0.2, 0) is 17.8 Å². The highest BCUT2D eigenvalue weighted by atomic mass is 35.5. The van der Waals surface area contributed by atoms with Crippen LogP contribution in [0.3, 0.4) is 0 Å². The van der Waals surface area contributed by atoms with Crippen molar-refractivity contribution in [2.45, 2.75) is 26.8 Å². The first-order chi connectivity index (χ1) is 17.9.